The van der Waals surface area contributed by atoms with Crippen LogP contribution in [0.25, 0.3) is 22.6 Å². The van der Waals surface area contributed by atoms with Crippen LogP contribution in [0.5, 0.6) is 11.5 Å². The molecule has 1 N–H and O–H groups in total. The van der Waals surface area contributed by atoms with Gasteiger partial charge in [0.15, 0.2) is 15.7 Å². The van der Waals surface area contributed by atoms with Gasteiger partial charge < -0.3 is 14.6 Å². The highest BCUT2D eigenvalue weighted by Crippen LogP contribution is 2.41. The number of nitrogens with one attached hydrogen (secondary N) is 1. The number of hydrogen-bond donors (Lipinski definition) is 1. The Balaban J connectivity index is 1.60. The monoisotopic (exact) mass is 494 g/mol. The van der Waals surface area contributed by atoms with E-state index in [4.69, 9.17) is 4.74 Å². The van der Waals surface area contributed by atoms with Gasteiger partial charge in [-0.2, -0.15) is 0 Å². The molecule has 5 rings (SSSR count). The average Bonchev–Trinajstić information content (AvgIpc) is 3.42. The molecule has 2 atom stereocenters. The van der Waals surface area contributed by atoms with Crippen molar-refractivity contribution in [1.29, 1.82) is 0 Å². The third kappa shape index (κ3) is 4.61. The van der Waals surface area contributed by atoms with Gasteiger partial charge in [-0.05, 0) is 42.5 Å². The van der Waals surface area contributed by atoms with E-state index in [0.717, 1.165) is 6.26 Å². The van der Waals surface area contributed by atoms with Crippen LogP contribution in [0.3, 0.4) is 0 Å². The molecule has 0 bridgehead atoms. The van der Waals surface area contributed by atoms with Crippen molar-refractivity contribution < 1.29 is 22.3 Å². The van der Waals surface area contributed by atoms with Crippen LogP contribution in [0.4, 0.5) is 4.39 Å². The Bertz CT molecular complexity index is 1500. The first-order chi connectivity index (χ1) is 16.7. The number of alkyl halides is 1. The number of fused-ring (bicyclic) bond motifs is 1. The summed E-state index contributed by atoms with van der Waals surface area (Å²) in [4.78, 5) is 26.2. The number of carbonyl (C=O) groups is 1. The molecule has 0 saturated carbocycles. The molecule has 0 aliphatic carbocycles. The van der Waals surface area contributed by atoms with Gasteiger partial charge in [0.25, 0.3) is 0 Å². The van der Waals surface area contributed by atoms with Crippen LogP contribution in [-0.4, -0.2) is 53.1 Å². The lowest BCUT2D eigenvalue weighted by Gasteiger charge is -2.25. The molecule has 1 saturated heterocycles. The normalized spacial score (nSPS) is 18.2. The number of halogens is 1. The van der Waals surface area contributed by atoms with Crippen molar-refractivity contribution in [2.75, 3.05) is 12.8 Å². The Kier molecular flexibility index (Phi) is 5.76. The summed E-state index contributed by atoms with van der Waals surface area (Å²) in [5, 5.41) is 0. The van der Waals surface area contributed by atoms with E-state index in [0.29, 0.717) is 39.6 Å². The van der Waals surface area contributed by atoms with Crippen molar-refractivity contribution in [3.05, 3.63) is 66.4 Å². The van der Waals surface area contributed by atoms with Crippen LogP contribution in [0.15, 0.2) is 65.7 Å². The van der Waals surface area contributed by atoms with Gasteiger partial charge in [0, 0.05) is 37.4 Å². The first-order valence-corrected chi connectivity index (χ1v) is 12.9. The van der Waals surface area contributed by atoms with E-state index in [-0.39, 0.29) is 23.8 Å². The number of ether oxygens (including phenoxy) is 1. The maximum Gasteiger partial charge on any atom is 0.220 e. The molecule has 0 radical (unpaired) electrons. The molecule has 1 aliphatic heterocycles. The number of aromatic amines is 1. The minimum absolute atomic E-state index is 0.0166. The summed E-state index contributed by atoms with van der Waals surface area (Å²) in [6.07, 6.45) is 1.81. The first-order valence-electron chi connectivity index (χ1n) is 11.0. The number of aromatic nitrogens is 3. The zero-order valence-corrected chi connectivity index (χ0v) is 19.9. The van der Waals surface area contributed by atoms with E-state index in [2.05, 4.69) is 15.0 Å². The number of pyridine rings is 1. The van der Waals surface area contributed by atoms with Crippen molar-refractivity contribution in [2.45, 2.75) is 30.5 Å². The smallest absolute Gasteiger partial charge is 0.220 e. The second-order valence-electron chi connectivity index (χ2n) is 8.57. The van der Waals surface area contributed by atoms with Gasteiger partial charge in [0.05, 0.1) is 28.5 Å². The summed E-state index contributed by atoms with van der Waals surface area (Å²) in [5.41, 5.74) is 2.61. The Morgan fingerprint density at radius 2 is 1.94 bits per heavy atom. The Morgan fingerprint density at radius 1 is 1.17 bits per heavy atom. The van der Waals surface area contributed by atoms with Gasteiger partial charge in [0.2, 0.25) is 5.91 Å². The highest BCUT2D eigenvalue weighted by molar-refractivity contribution is 7.90. The van der Waals surface area contributed by atoms with Crippen molar-refractivity contribution in [1.82, 2.24) is 19.9 Å². The van der Waals surface area contributed by atoms with Gasteiger partial charge in [-0.3, -0.25) is 9.78 Å². The predicted molar refractivity (Wildman–Crippen MR) is 129 cm³/mol. The predicted octanol–water partition coefficient (Wildman–Crippen LogP) is 4.45. The summed E-state index contributed by atoms with van der Waals surface area (Å²) in [7, 11) is -3.35. The SMILES string of the molecule is CC(=O)N1C[C@H](F)C[C@H]1c1cc2[nH]c(-c3ccccn3)nc2cc1Oc1ccc(S(C)(=O)=O)cc1. The van der Waals surface area contributed by atoms with Gasteiger partial charge in [-0.15, -0.1) is 0 Å². The molecular weight excluding hydrogens is 471 g/mol. The summed E-state index contributed by atoms with van der Waals surface area (Å²) in [5.74, 6) is 1.16. The van der Waals surface area contributed by atoms with Crippen molar-refractivity contribution in [3.63, 3.8) is 0 Å². The molecule has 180 valence electrons. The standard InChI is InChI=1S/C25H23FN4O4S/c1-15(31)30-14-16(26)11-23(30)19-12-21-22(29-25(28-21)20-5-3-4-10-27-20)13-24(19)34-17-6-8-18(9-7-17)35(2,32)33/h3-10,12-13,16,23H,11,14H2,1-2H3,(H,28,29)/t16-,23+/m1/s1. The molecule has 1 amide bonds. The van der Waals surface area contributed by atoms with Crippen LogP contribution in [-0.2, 0) is 14.6 Å². The number of amides is 1. The number of sulfone groups is 1. The van der Waals surface area contributed by atoms with E-state index in [1.54, 1.807) is 24.4 Å². The van der Waals surface area contributed by atoms with Crippen molar-refractivity contribution in [2.24, 2.45) is 0 Å². The van der Waals surface area contributed by atoms with Crippen LogP contribution in [0, 0.1) is 0 Å². The van der Waals surface area contributed by atoms with Crippen LogP contribution < -0.4 is 4.74 Å². The lowest BCUT2D eigenvalue weighted by Crippen LogP contribution is -2.29. The second kappa shape index (κ2) is 8.77. The molecule has 0 unspecified atom stereocenters. The highest BCUT2D eigenvalue weighted by Gasteiger charge is 2.37. The third-order valence-electron chi connectivity index (χ3n) is 6.01. The van der Waals surface area contributed by atoms with E-state index in [9.17, 15) is 17.6 Å². The van der Waals surface area contributed by atoms with Gasteiger partial charge >= 0.3 is 0 Å². The average molecular weight is 495 g/mol. The number of nitrogens with zero attached hydrogens (tertiary/aromatic N) is 3. The molecule has 8 nitrogen and oxygen atoms in total. The number of benzene rings is 2. The molecular formula is C25H23FN4O4S. The van der Waals surface area contributed by atoms with Gasteiger partial charge in [-0.1, -0.05) is 6.07 Å². The van der Waals surface area contributed by atoms with Crippen LogP contribution in [0.1, 0.15) is 24.9 Å². The molecule has 2 aromatic carbocycles. The maximum absolute atomic E-state index is 14.4. The minimum Gasteiger partial charge on any atom is -0.457 e. The summed E-state index contributed by atoms with van der Waals surface area (Å²) in [6.45, 7) is 1.44. The van der Waals surface area contributed by atoms with Crippen LogP contribution in [0.2, 0.25) is 0 Å². The number of carbonyl (C=O) groups excluding carboxylic acids is 1. The number of rotatable bonds is 5. The zero-order chi connectivity index (χ0) is 24.7. The number of likely N-dealkylation sites (tertiary alicyclic amines) is 1. The summed E-state index contributed by atoms with van der Waals surface area (Å²) >= 11 is 0. The molecule has 2 aromatic heterocycles. The zero-order valence-electron chi connectivity index (χ0n) is 19.1. The van der Waals surface area contributed by atoms with Gasteiger partial charge in [-0.25, -0.2) is 17.8 Å². The highest BCUT2D eigenvalue weighted by atomic mass is 32.2. The third-order valence-corrected chi connectivity index (χ3v) is 7.14. The van der Waals surface area contributed by atoms with Crippen molar-refractivity contribution >= 4 is 26.8 Å². The topological polar surface area (TPSA) is 105 Å². The fraction of sp³-hybridized carbons (Fsp3) is 0.240. The number of imidazole rings is 1. The fourth-order valence-electron chi connectivity index (χ4n) is 4.34. The molecule has 10 heteroatoms. The van der Waals surface area contributed by atoms with Crippen LogP contribution >= 0.6 is 0 Å². The molecule has 35 heavy (non-hydrogen) atoms. The Hall–Kier alpha value is -3.79. The van der Waals surface area contributed by atoms with Gasteiger partial charge in [0.1, 0.15) is 23.4 Å². The second-order valence-corrected chi connectivity index (χ2v) is 10.6. The number of hydrogen-bond acceptors (Lipinski definition) is 6. The molecule has 1 fully saturated rings. The van der Waals surface area contributed by atoms with Crippen molar-refractivity contribution in [3.8, 4) is 23.0 Å². The van der Waals surface area contributed by atoms with E-state index >= 15 is 0 Å². The Morgan fingerprint density at radius 3 is 2.60 bits per heavy atom. The quantitative estimate of drug-likeness (QED) is 0.439. The largest absolute Gasteiger partial charge is 0.457 e. The number of H-pyrrole nitrogens is 1. The fourth-order valence-corrected chi connectivity index (χ4v) is 4.97. The lowest BCUT2D eigenvalue weighted by molar-refractivity contribution is -0.129. The molecule has 0 spiro atoms. The first kappa shape index (κ1) is 23.0. The van der Waals surface area contributed by atoms with E-state index in [1.165, 1.54) is 24.0 Å². The molecule has 4 aromatic rings. The minimum atomic E-state index is -3.35. The maximum atomic E-state index is 14.4. The lowest BCUT2D eigenvalue weighted by atomic mass is 10.0. The van der Waals surface area contributed by atoms with E-state index < -0.39 is 22.1 Å². The molecule has 3 heterocycles. The molecule has 1 aliphatic rings. The summed E-state index contributed by atoms with van der Waals surface area (Å²) < 4.78 is 44.1. The van der Waals surface area contributed by atoms with E-state index in [1.807, 2.05) is 24.3 Å². The Labute approximate surface area is 201 Å². The summed E-state index contributed by atoms with van der Waals surface area (Å²) in [6, 6.07) is 14.6.